The van der Waals surface area contributed by atoms with Gasteiger partial charge in [-0.1, -0.05) is 51.4 Å². The highest BCUT2D eigenvalue weighted by molar-refractivity contribution is 5.32. The number of unbranched alkanes of at least 4 members (excludes halogenated alkanes) is 9. The molecule has 0 atom stereocenters. The molecule has 0 heterocycles. The van der Waals surface area contributed by atoms with Gasteiger partial charge in [-0.25, -0.2) is 0 Å². The minimum Gasteiger partial charge on any atom is -0.483 e. The van der Waals surface area contributed by atoms with E-state index < -0.39 is 0 Å². The fraction of sp³-hybridized carbons (Fsp3) is 0.941. The molecule has 0 saturated heterocycles. The second-order valence-electron chi connectivity index (χ2n) is 6.54. The molecule has 128 valence electrons. The van der Waals surface area contributed by atoms with Gasteiger partial charge in [-0.15, -0.1) is 0 Å². The highest BCUT2D eigenvalue weighted by atomic mass is 16.3. The molecular formula is C17H37NO3. The number of aliphatic hydroxyl groups is 1. The molecule has 0 aliphatic carbocycles. The SMILES string of the molecule is CC(C)(C)NCCCCCCCCCCCCO.O=CO. The number of aliphatic hydroxyl groups excluding tert-OH is 1. The van der Waals surface area contributed by atoms with Crippen LogP contribution in [0.5, 0.6) is 0 Å². The maximum absolute atomic E-state index is 8.65. The number of carbonyl (C=O) groups is 1. The summed E-state index contributed by atoms with van der Waals surface area (Å²) in [6.45, 7) is 7.95. The average molecular weight is 303 g/mol. The van der Waals surface area contributed by atoms with Crippen LogP contribution in [0.1, 0.15) is 85.0 Å². The minimum absolute atomic E-state index is 0.250. The van der Waals surface area contributed by atoms with Crippen LogP contribution in [-0.4, -0.2) is 35.4 Å². The normalized spacial score (nSPS) is 10.9. The summed E-state index contributed by atoms with van der Waals surface area (Å²) in [6.07, 6.45) is 13.1. The van der Waals surface area contributed by atoms with E-state index in [9.17, 15) is 0 Å². The Bertz CT molecular complexity index is 203. The number of rotatable bonds is 12. The maximum Gasteiger partial charge on any atom is 0.290 e. The van der Waals surface area contributed by atoms with E-state index in [1.165, 1.54) is 57.8 Å². The fourth-order valence-corrected chi connectivity index (χ4v) is 2.11. The molecule has 0 aromatic heterocycles. The van der Waals surface area contributed by atoms with Crippen LogP contribution in [0.4, 0.5) is 0 Å². The van der Waals surface area contributed by atoms with Crippen molar-refractivity contribution in [2.45, 2.75) is 90.5 Å². The van der Waals surface area contributed by atoms with Gasteiger partial charge in [0.2, 0.25) is 0 Å². The Kier molecular flexibility index (Phi) is 18.8. The third-order valence-electron chi connectivity index (χ3n) is 3.24. The van der Waals surface area contributed by atoms with Gasteiger partial charge in [0.15, 0.2) is 0 Å². The second-order valence-corrected chi connectivity index (χ2v) is 6.54. The summed E-state index contributed by atoms with van der Waals surface area (Å²) >= 11 is 0. The summed E-state index contributed by atoms with van der Waals surface area (Å²) in [5.74, 6) is 0. The molecule has 0 bridgehead atoms. The van der Waals surface area contributed by atoms with Gasteiger partial charge in [-0.3, -0.25) is 4.79 Å². The van der Waals surface area contributed by atoms with Crippen LogP contribution in [0.25, 0.3) is 0 Å². The highest BCUT2D eigenvalue weighted by Crippen LogP contribution is 2.10. The van der Waals surface area contributed by atoms with E-state index in [-0.39, 0.29) is 12.0 Å². The number of hydrogen-bond donors (Lipinski definition) is 3. The van der Waals surface area contributed by atoms with Gasteiger partial charge in [0.1, 0.15) is 0 Å². The van der Waals surface area contributed by atoms with Crippen molar-refractivity contribution in [3.8, 4) is 0 Å². The first-order chi connectivity index (χ1) is 9.97. The van der Waals surface area contributed by atoms with E-state index in [2.05, 4.69) is 26.1 Å². The molecule has 0 aliphatic heterocycles. The topological polar surface area (TPSA) is 69.6 Å². The van der Waals surface area contributed by atoms with Gasteiger partial charge >= 0.3 is 0 Å². The lowest BCUT2D eigenvalue weighted by Crippen LogP contribution is -2.36. The monoisotopic (exact) mass is 303 g/mol. The molecule has 0 unspecified atom stereocenters. The Morgan fingerprint density at radius 3 is 1.48 bits per heavy atom. The predicted molar refractivity (Wildman–Crippen MR) is 89.7 cm³/mol. The lowest BCUT2D eigenvalue weighted by molar-refractivity contribution is -0.122. The van der Waals surface area contributed by atoms with Crippen molar-refractivity contribution < 1.29 is 15.0 Å². The number of nitrogens with one attached hydrogen (secondary N) is 1. The van der Waals surface area contributed by atoms with Gasteiger partial charge in [-0.05, 0) is 40.2 Å². The van der Waals surface area contributed by atoms with Crippen LogP contribution in [0, 0.1) is 0 Å². The summed E-state index contributed by atoms with van der Waals surface area (Å²) in [6, 6.07) is 0. The molecule has 4 heteroatoms. The van der Waals surface area contributed by atoms with Crippen molar-refractivity contribution in [1.82, 2.24) is 5.32 Å². The molecule has 0 spiro atoms. The fourth-order valence-electron chi connectivity index (χ4n) is 2.11. The van der Waals surface area contributed by atoms with E-state index in [0.29, 0.717) is 6.61 Å². The van der Waals surface area contributed by atoms with Crippen LogP contribution in [0.3, 0.4) is 0 Å². The predicted octanol–water partition coefficient (Wildman–Crippen LogP) is 3.97. The van der Waals surface area contributed by atoms with Gasteiger partial charge < -0.3 is 15.5 Å². The van der Waals surface area contributed by atoms with Crippen molar-refractivity contribution in [2.24, 2.45) is 0 Å². The minimum atomic E-state index is -0.250. The molecule has 0 aromatic carbocycles. The molecular weight excluding hydrogens is 266 g/mol. The first-order valence-corrected chi connectivity index (χ1v) is 8.41. The van der Waals surface area contributed by atoms with E-state index in [4.69, 9.17) is 15.0 Å². The van der Waals surface area contributed by atoms with Crippen molar-refractivity contribution in [1.29, 1.82) is 0 Å². The Hall–Kier alpha value is -0.610. The van der Waals surface area contributed by atoms with Crippen LogP contribution in [0.2, 0.25) is 0 Å². The molecule has 0 aliphatic rings. The average Bonchev–Trinajstić information content (AvgIpc) is 2.40. The van der Waals surface area contributed by atoms with Crippen molar-refractivity contribution in [3.63, 3.8) is 0 Å². The van der Waals surface area contributed by atoms with E-state index >= 15 is 0 Å². The van der Waals surface area contributed by atoms with Gasteiger partial charge in [0.25, 0.3) is 6.47 Å². The molecule has 21 heavy (non-hydrogen) atoms. The summed E-state index contributed by atoms with van der Waals surface area (Å²) in [5, 5.41) is 19.1. The molecule has 0 radical (unpaired) electrons. The van der Waals surface area contributed by atoms with Crippen molar-refractivity contribution in [3.05, 3.63) is 0 Å². The molecule has 3 N–H and O–H groups in total. The first kappa shape index (κ1) is 22.7. The summed E-state index contributed by atoms with van der Waals surface area (Å²) in [4.78, 5) is 8.36. The zero-order valence-electron chi connectivity index (χ0n) is 14.4. The maximum atomic E-state index is 8.65. The molecule has 0 fully saturated rings. The zero-order valence-corrected chi connectivity index (χ0v) is 14.4. The lowest BCUT2D eigenvalue weighted by atomic mass is 10.1. The molecule has 0 amide bonds. The third-order valence-corrected chi connectivity index (χ3v) is 3.24. The second kappa shape index (κ2) is 17.4. The van der Waals surface area contributed by atoms with E-state index in [1.807, 2.05) is 0 Å². The van der Waals surface area contributed by atoms with Crippen LogP contribution < -0.4 is 5.32 Å². The summed E-state index contributed by atoms with van der Waals surface area (Å²) < 4.78 is 0. The number of hydrogen-bond acceptors (Lipinski definition) is 3. The molecule has 0 aromatic rings. The van der Waals surface area contributed by atoms with E-state index in [0.717, 1.165) is 13.0 Å². The summed E-state index contributed by atoms with van der Waals surface area (Å²) in [7, 11) is 0. The molecule has 0 saturated carbocycles. The van der Waals surface area contributed by atoms with Gasteiger partial charge in [0.05, 0.1) is 0 Å². The molecule has 4 nitrogen and oxygen atoms in total. The van der Waals surface area contributed by atoms with Gasteiger partial charge in [-0.2, -0.15) is 0 Å². The zero-order chi connectivity index (χ0) is 16.4. The summed E-state index contributed by atoms with van der Waals surface area (Å²) in [5.41, 5.74) is 0.272. The van der Waals surface area contributed by atoms with Crippen LogP contribution >= 0.6 is 0 Å². The highest BCUT2D eigenvalue weighted by Gasteiger charge is 2.06. The van der Waals surface area contributed by atoms with Crippen molar-refractivity contribution >= 4 is 6.47 Å². The Morgan fingerprint density at radius 2 is 1.14 bits per heavy atom. The lowest BCUT2D eigenvalue weighted by Gasteiger charge is -2.20. The quantitative estimate of drug-likeness (QED) is 0.377. The standard InChI is InChI=1S/C16H35NO.CH2O2/c1-16(2,3)17-14-12-10-8-6-4-5-7-9-11-13-15-18;2-1-3/h17-18H,4-15H2,1-3H3;1H,(H,2,3). The smallest absolute Gasteiger partial charge is 0.290 e. The van der Waals surface area contributed by atoms with E-state index in [1.54, 1.807) is 0 Å². The van der Waals surface area contributed by atoms with Crippen LogP contribution in [-0.2, 0) is 4.79 Å². The Morgan fingerprint density at radius 1 is 0.810 bits per heavy atom. The van der Waals surface area contributed by atoms with Gasteiger partial charge in [0, 0.05) is 12.1 Å². The third kappa shape index (κ3) is 28.3. The Labute approximate surface area is 131 Å². The molecule has 0 rings (SSSR count). The van der Waals surface area contributed by atoms with Crippen LogP contribution in [0.15, 0.2) is 0 Å². The first-order valence-electron chi connectivity index (χ1n) is 8.41. The largest absolute Gasteiger partial charge is 0.483 e. The number of carboxylic acid groups (broad SMARTS) is 1. The Balaban J connectivity index is 0. The van der Waals surface area contributed by atoms with Crippen molar-refractivity contribution in [2.75, 3.05) is 13.2 Å².